The van der Waals surface area contributed by atoms with Crippen LogP contribution in [0.2, 0.25) is 0 Å². The van der Waals surface area contributed by atoms with E-state index >= 15 is 0 Å². The van der Waals surface area contributed by atoms with Crippen molar-refractivity contribution in [2.75, 3.05) is 0 Å². The highest BCUT2D eigenvalue weighted by atomic mass is 32.2. The first-order valence-electron chi connectivity index (χ1n) is 6.34. The van der Waals surface area contributed by atoms with Crippen molar-refractivity contribution in [3.8, 4) is 0 Å². The van der Waals surface area contributed by atoms with Gasteiger partial charge in [0.05, 0.1) is 16.1 Å². The molecule has 2 bridgehead atoms. The van der Waals surface area contributed by atoms with E-state index in [2.05, 4.69) is 0 Å². The standard InChI is InChI=1S/C13H13F3O3S/c14-10-4-12(16)11(15)3-9(10)13(17)5-7-1-2-8(6-13)20(7,18)19/h3-4,7-8,17H,1-2,5-6H2. The molecule has 110 valence electrons. The molecule has 1 aromatic rings. The van der Waals surface area contributed by atoms with Gasteiger partial charge in [-0.15, -0.1) is 0 Å². The van der Waals surface area contributed by atoms with Crippen LogP contribution in [-0.4, -0.2) is 24.0 Å². The molecule has 0 radical (unpaired) electrons. The van der Waals surface area contributed by atoms with Gasteiger partial charge in [0.15, 0.2) is 21.5 Å². The van der Waals surface area contributed by atoms with Crippen LogP contribution in [0.15, 0.2) is 12.1 Å². The number of rotatable bonds is 1. The van der Waals surface area contributed by atoms with Crippen molar-refractivity contribution in [1.29, 1.82) is 0 Å². The molecule has 3 rings (SSSR count). The topological polar surface area (TPSA) is 54.4 Å². The maximum atomic E-state index is 13.8. The Morgan fingerprint density at radius 3 is 2.05 bits per heavy atom. The normalized spacial score (nSPS) is 35.2. The quantitative estimate of drug-likeness (QED) is 0.808. The van der Waals surface area contributed by atoms with Crippen LogP contribution in [0.25, 0.3) is 0 Å². The summed E-state index contributed by atoms with van der Waals surface area (Å²) in [7, 11) is -3.29. The molecule has 2 fully saturated rings. The lowest BCUT2D eigenvalue weighted by molar-refractivity contribution is 0.0135. The Morgan fingerprint density at radius 2 is 1.50 bits per heavy atom. The second-order valence-electron chi connectivity index (χ2n) is 5.60. The molecule has 0 aliphatic carbocycles. The molecule has 7 heteroatoms. The molecule has 2 heterocycles. The van der Waals surface area contributed by atoms with Crippen LogP contribution in [0.1, 0.15) is 31.2 Å². The molecular weight excluding hydrogens is 293 g/mol. The molecule has 0 amide bonds. The number of fused-ring (bicyclic) bond motifs is 2. The van der Waals surface area contributed by atoms with Gasteiger partial charge in [-0.2, -0.15) is 0 Å². The van der Waals surface area contributed by atoms with Crippen molar-refractivity contribution < 1.29 is 26.7 Å². The number of halogens is 3. The predicted molar refractivity (Wildman–Crippen MR) is 65.2 cm³/mol. The second kappa shape index (κ2) is 4.21. The van der Waals surface area contributed by atoms with E-state index < -0.39 is 43.4 Å². The van der Waals surface area contributed by atoms with Crippen molar-refractivity contribution in [2.45, 2.75) is 41.8 Å². The lowest BCUT2D eigenvalue weighted by Crippen LogP contribution is -2.43. The average molecular weight is 306 g/mol. The first kappa shape index (κ1) is 13.9. The molecule has 20 heavy (non-hydrogen) atoms. The third-order valence-electron chi connectivity index (χ3n) is 4.38. The summed E-state index contributed by atoms with van der Waals surface area (Å²) in [5, 5.41) is 9.08. The molecule has 2 saturated heterocycles. The van der Waals surface area contributed by atoms with Crippen LogP contribution in [0, 0.1) is 17.5 Å². The van der Waals surface area contributed by atoms with E-state index in [-0.39, 0.29) is 18.4 Å². The first-order valence-corrected chi connectivity index (χ1v) is 7.95. The fourth-order valence-corrected chi connectivity index (χ4v) is 5.83. The van der Waals surface area contributed by atoms with E-state index in [0.29, 0.717) is 25.0 Å². The molecule has 1 N–H and O–H groups in total. The van der Waals surface area contributed by atoms with Crippen LogP contribution in [0.3, 0.4) is 0 Å². The average Bonchev–Trinajstić information content (AvgIpc) is 2.53. The highest BCUT2D eigenvalue weighted by Crippen LogP contribution is 2.48. The smallest absolute Gasteiger partial charge is 0.161 e. The van der Waals surface area contributed by atoms with E-state index in [9.17, 15) is 26.7 Å². The molecule has 0 aromatic heterocycles. The van der Waals surface area contributed by atoms with Crippen molar-refractivity contribution in [2.24, 2.45) is 0 Å². The summed E-state index contributed by atoms with van der Waals surface area (Å²) in [6.07, 6.45) is 0.489. The van der Waals surface area contributed by atoms with Gasteiger partial charge in [-0.3, -0.25) is 0 Å². The third kappa shape index (κ3) is 1.87. The summed E-state index contributed by atoms with van der Waals surface area (Å²) in [5.41, 5.74) is -2.11. The van der Waals surface area contributed by atoms with Gasteiger partial charge in [0, 0.05) is 11.6 Å². The Hall–Kier alpha value is -1.08. The minimum absolute atomic E-state index is 0.173. The fourth-order valence-electron chi connectivity index (χ4n) is 3.34. The van der Waals surface area contributed by atoms with Crippen LogP contribution in [-0.2, 0) is 15.4 Å². The first-order chi connectivity index (χ1) is 9.24. The van der Waals surface area contributed by atoms with Crippen molar-refractivity contribution in [3.63, 3.8) is 0 Å². The lowest BCUT2D eigenvalue weighted by Gasteiger charge is -2.36. The SMILES string of the molecule is O=S1(=O)C2CCC1CC(O)(c1cc(F)c(F)cc1F)C2. The molecule has 2 unspecified atom stereocenters. The monoisotopic (exact) mass is 306 g/mol. The summed E-state index contributed by atoms with van der Waals surface area (Å²) >= 11 is 0. The molecule has 2 aliphatic heterocycles. The molecule has 0 saturated carbocycles. The van der Waals surface area contributed by atoms with Gasteiger partial charge in [0.2, 0.25) is 0 Å². The Kier molecular flexibility index (Phi) is 2.92. The summed E-state index contributed by atoms with van der Waals surface area (Å²) < 4.78 is 64.0. The van der Waals surface area contributed by atoms with E-state index in [4.69, 9.17) is 0 Å². The van der Waals surface area contributed by atoms with Gasteiger partial charge >= 0.3 is 0 Å². The maximum absolute atomic E-state index is 13.8. The Balaban J connectivity index is 2.05. The highest BCUT2D eigenvalue weighted by Gasteiger charge is 2.53. The lowest BCUT2D eigenvalue weighted by atomic mass is 9.85. The van der Waals surface area contributed by atoms with Crippen LogP contribution < -0.4 is 0 Å². The van der Waals surface area contributed by atoms with Gasteiger partial charge in [0.25, 0.3) is 0 Å². The zero-order valence-electron chi connectivity index (χ0n) is 10.4. The number of sulfone groups is 1. The van der Waals surface area contributed by atoms with Crippen molar-refractivity contribution >= 4 is 9.84 Å². The fraction of sp³-hybridized carbons (Fsp3) is 0.538. The van der Waals surface area contributed by atoms with E-state index in [0.717, 1.165) is 0 Å². The van der Waals surface area contributed by atoms with Crippen LogP contribution in [0.4, 0.5) is 13.2 Å². The largest absolute Gasteiger partial charge is 0.385 e. The van der Waals surface area contributed by atoms with Crippen molar-refractivity contribution in [1.82, 2.24) is 0 Å². The maximum Gasteiger partial charge on any atom is 0.161 e. The number of benzene rings is 1. The van der Waals surface area contributed by atoms with Gasteiger partial charge in [-0.25, -0.2) is 21.6 Å². The number of hydrogen-bond donors (Lipinski definition) is 1. The summed E-state index contributed by atoms with van der Waals surface area (Å²) in [4.78, 5) is 0. The Morgan fingerprint density at radius 1 is 1.00 bits per heavy atom. The highest BCUT2D eigenvalue weighted by molar-refractivity contribution is 7.93. The molecule has 2 atom stereocenters. The zero-order chi connectivity index (χ0) is 14.7. The molecular formula is C13H13F3O3S. The Labute approximate surface area is 114 Å². The second-order valence-corrected chi connectivity index (χ2v) is 8.11. The number of hydrogen-bond acceptors (Lipinski definition) is 3. The summed E-state index contributed by atoms with van der Waals surface area (Å²) in [6, 6.07) is 1.01. The van der Waals surface area contributed by atoms with E-state index in [1.165, 1.54) is 0 Å². The molecule has 2 aliphatic rings. The van der Waals surface area contributed by atoms with Crippen LogP contribution in [0.5, 0.6) is 0 Å². The van der Waals surface area contributed by atoms with Gasteiger partial charge in [-0.05, 0) is 31.7 Å². The number of aliphatic hydroxyl groups is 1. The Bertz CT molecular complexity index is 652. The zero-order valence-corrected chi connectivity index (χ0v) is 11.3. The minimum Gasteiger partial charge on any atom is -0.385 e. The van der Waals surface area contributed by atoms with Gasteiger partial charge in [-0.1, -0.05) is 0 Å². The van der Waals surface area contributed by atoms with Gasteiger partial charge < -0.3 is 5.11 Å². The van der Waals surface area contributed by atoms with E-state index in [1.807, 2.05) is 0 Å². The molecule has 1 aromatic carbocycles. The van der Waals surface area contributed by atoms with Crippen molar-refractivity contribution in [3.05, 3.63) is 35.1 Å². The predicted octanol–water partition coefficient (Wildman–Crippen LogP) is 2.03. The van der Waals surface area contributed by atoms with Crippen LogP contribution >= 0.6 is 0 Å². The minimum atomic E-state index is -3.29. The summed E-state index contributed by atoms with van der Waals surface area (Å²) in [5.74, 6) is -3.64. The van der Waals surface area contributed by atoms with E-state index in [1.54, 1.807) is 0 Å². The molecule has 0 spiro atoms. The van der Waals surface area contributed by atoms with Gasteiger partial charge in [0.1, 0.15) is 5.82 Å². The summed E-state index contributed by atoms with van der Waals surface area (Å²) in [6.45, 7) is 0. The molecule has 3 nitrogen and oxygen atoms in total. The third-order valence-corrected chi connectivity index (χ3v) is 7.05.